The van der Waals surface area contributed by atoms with Crippen LogP contribution in [0.2, 0.25) is 0 Å². The number of H-pyrrole nitrogens is 1. The van der Waals surface area contributed by atoms with Crippen molar-refractivity contribution in [1.82, 2.24) is 24.7 Å². The zero-order valence-electron chi connectivity index (χ0n) is 9.23. The van der Waals surface area contributed by atoms with Gasteiger partial charge in [0.25, 0.3) is 0 Å². The molecule has 0 aliphatic heterocycles. The largest absolute Gasteiger partial charge is 0.409 e. The smallest absolute Gasteiger partial charge is 0.343 e. The lowest BCUT2D eigenvalue weighted by Gasteiger charge is -2.01. The number of nitrogens with zero attached hydrogens (tertiary/aromatic N) is 5. The van der Waals surface area contributed by atoms with Gasteiger partial charge < -0.3 is 10.9 Å². The van der Waals surface area contributed by atoms with Crippen LogP contribution in [0.15, 0.2) is 32.5 Å². The number of aromatic nitrogens is 5. The van der Waals surface area contributed by atoms with Gasteiger partial charge in [-0.1, -0.05) is 5.16 Å². The first kappa shape index (κ1) is 12.1. The van der Waals surface area contributed by atoms with E-state index < -0.39 is 0 Å². The fourth-order valence-electron chi connectivity index (χ4n) is 1.09. The molecular weight excluding hydrogens is 258 g/mol. The molecule has 0 bridgehead atoms. The summed E-state index contributed by atoms with van der Waals surface area (Å²) in [6, 6.07) is 1.50. The Morgan fingerprint density at radius 1 is 1.67 bits per heavy atom. The minimum absolute atomic E-state index is 0.116. The Labute approximate surface area is 105 Å². The summed E-state index contributed by atoms with van der Waals surface area (Å²) in [6.45, 7) is 0. The highest BCUT2D eigenvalue weighted by Crippen LogP contribution is 2.20. The first-order valence-corrected chi connectivity index (χ1v) is 5.53. The molecule has 0 saturated carbocycles. The molecule has 0 aliphatic rings. The van der Waals surface area contributed by atoms with E-state index in [0.717, 1.165) is 11.8 Å². The number of rotatable bonds is 3. The molecule has 0 spiro atoms. The molecule has 0 atom stereocenters. The Morgan fingerprint density at radius 2 is 2.44 bits per heavy atom. The van der Waals surface area contributed by atoms with Gasteiger partial charge >= 0.3 is 5.69 Å². The van der Waals surface area contributed by atoms with E-state index in [1.165, 1.54) is 16.8 Å². The normalized spacial score (nSPS) is 11.7. The van der Waals surface area contributed by atoms with Crippen LogP contribution in [0.5, 0.6) is 0 Å². The molecule has 0 fully saturated rings. The maximum Gasteiger partial charge on any atom is 0.343 e. The van der Waals surface area contributed by atoms with Crippen LogP contribution in [0.4, 0.5) is 0 Å². The van der Waals surface area contributed by atoms with Crippen molar-refractivity contribution in [1.29, 1.82) is 0 Å². The van der Waals surface area contributed by atoms with Crippen molar-refractivity contribution in [2.75, 3.05) is 0 Å². The van der Waals surface area contributed by atoms with Gasteiger partial charge in [-0.2, -0.15) is 0 Å². The summed E-state index contributed by atoms with van der Waals surface area (Å²) >= 11 is 1.08. The lowest BCUT2D eigenvalue weighted by atomic mass is 10.4. The van der Waals surface area contributed by atoms with Crippen LogP contribution in [-0.2, 0) is 7.05 Å². The standard InChI is InChI=1S/C8H9N7O2S/c1-15-7(16)12-13-8(15)18-6-10-3-2-4(11-6)5(9)14-17/h2-3,17H,1H3,(H2,9,14)(H,12,16). The second kappa shape index (κ2) is 4.87. The molecule has 9 nitrogen and oxygen atoms in total. The van der Waals surface area contributed by atoms with Crippen molar-refractivity contribution in [2.24, 2.45) is 17.9 Å². The molecule has 2 rings (SSSR count). The molecule has 0 amide bonds. The lowest BCUT2D eigenvalue weighted by Crippen LogP contribution is -2.15. The summed E-state index contributed by atoms with van der Waals surface area (Å²) in [5, 5.41) is 18.2. The molecule has 0 saturated heterocycles. The fourth-order valence-corrected chi connectivity index (χ4v) is 1.82. The number of hydrogen-bond acceptors (Lipinski definition) is 7. The average Bonchev–Trinajstić information content (AvgIpc) is 2.70. The Balaban J connectivity index is 2.30. The Bertz CT molecular complexity index is 647. The molecule has 2 heterocycles. The van der Waals surface area contributed by atoms with Crippen LogP contribution in [0, 0.1) is 0 Å². The van der Waals surface area contributed by atoms with Gasteiger partial charge in [-0.3, -0.25) is 4.57 Å². The van der Waals surface area contributed by atoms with E-state index in [1.54, 1.807) is 7.05 Å². The summed E-state index contributed by atoms with van der Waals surface area (Å²) in [7, 11) is 1.57. The van der Waals surface area contributed by atoms with E-state index in [9.17, 15) is 4.79 Å². The molecule has 2 aromatic rings. The third-order valence-corrected chi connectivity index (χ3v) is 2.95. The third kappa shape index (κ3) is 2.32. The minimum atomic E-state index is -0.329. The van der Waals surface area contributed by atoms with Crippen LogP contribution in [-0.4, -0.2) is 35.8 Å². The van der Waals surface area contributed by atoms with Gasteiger partial charge in [0, 0.05) is 13.2 Å². The van der Waals surface area contributed by atoms with Gasteiger partial charge in [0.1, 0.15) is 5.69 Å². The molecule has 18 heavy (non-hydrogen) atoms. The molecule has 2 aromatic heterocycles. The van der Waals surface area contributed by atoms with Gasteiger partial charge in [0.2, 0.25) is 0 Å². The van der Waals surface area contributed by atoms with E-state index in [2.05, 4.69) is 25.3 Å². The van der Waals surface area contributed by atoms with Crippen molar-refractivity contribution in [3.63, 3.8) is 0 Å². The highest BCUT2D eigenvalue weighted by Gasteiger charge is 2.10. The third-order valence-electron chi connectivity index (χ3n) is 2.02. The summed E-state index contributed by atoms with van der Waals surface area (Å²) in [4.78, 5) is 19.2. The fraction of sp³-hybridized carbons (Fsp3) is 0.125. The average molecular weight is 267 g/mol. The number of oxime groups is 1. The lowest BCUT2D eigenvalue weighted by molar-refractivity contribution is 0.318. The summed E-state index contributed by atoms with van der Waals surface area (Å²) in [5.41, 5.74) is 5.37. The van der Waals surface area contributed by atoms with Crippen LogP contribution < -0.4 is 11.4 Å². The molecule has 10 heteroatoms. The Kier molecular flexibility index (Phi) is 3.28. The van der Waals surface area contributed by atoms with Gasteiger partial charge in [-0.05, 0) is 17.8 Å². The topological polar surface area (TPSA) is 135 Å². The van der Waals surface area contributed by atoms with Crippen LogP contribution >= 0.6 is 11.8 Å². The molecule has 94 valence electrons. The first-order chi connectivity index (χ1) is 8.61. The van der Waals surface area contributed by atoms with Crippen molar-refractivity contribution in [3.05, 3.63) is 28.4 Å². The van der Waals surface area contributed by atoms with E-state index >= 15 is 0 Å². The van der Waals surface area contributed by atoms with Gasteiger partial charge in [-0.15, -0.1) is 5.10 Å². The quantitative estimate of drug-likeness (QED) is 0.216. The Hall–Kier alpha value is -2.36. The van der Waals surface area contributed by atoms with Crippen LogP contribution in [0.25, 0.3) is 0 Å². The monoisotopic (exact) mass is 267 g/mol. The predicted molar refractivity (Wildman–Crippen MR) is 62.5 cm³/mol. The number of nitrogens with two attached hydrogens (primary N) is 1. The number of amidine groups is 1. The number of aromatic amines is 1. The molecule has 0 aromatic carbocycles. The zero-order valence-corrected chi connectivity index (χ0v) is 10.0. The van der Waals surface area contributed by atoms with Crippen molar-refractivity contribution in [2.45, 2.75) is 10.3 Å². The summed E-state index contributed by atoms with van der Waals surface area (Å²) < 4.78 is 1.32. The van der Waals surface area contributed by atoms with Crippen molar-refractivity contribution < 1.29 is 5.21 Å². The molecule has 0 unspecified atom stereocenters. The number of nitrogens with one attached hydrogen (secondary N) is 1. The molecule has 0 aliphatic carbocycles. The first-order valence-electron chi connectivity index (χ1n) is 4.72. The Morgan fingerprint density at radius 3 is 3.06 bits per heavy atom. The van der Waals surface area contributed by atoms with E-state index in [1.807, 2.05) is 0 Å². The number of hydrogen-bond donors (Lipinski definition) is 3. The maximum absolute atomic E-state index is 11.2. The van der Waals surface area contributed by atoms with Gasteiger partial charge in [0.15, 0.2) is 16.1 Å². The summed E-state index contributed by atoms with van der Waals surface area (Å²) in [6.07, 6.45) is 1.47. The van der Waals surface area contributed by atoms with Crippen molar-refractivity contribution >= 4 is 17.6 Å². The molecular formula is C8H9N7O2S. The highest BCUT2D eigenvalue weighted by molar-refractivity contribution is 7.99. The van der Waals surface area contributed by atoms with Crippen LogP contribution in [0.1, 0.15) is 5.69 Å². The second-order valence-electron chi connectivity index (χ2n) is 3.18. The molecule has 4 N–H and O–H groups in total. The zero-order chi connectivity index (χ0) is 13.1. The minimum Gasteiger partial charge on any atom is -0.409 e. The van der Waals surface area contributed by atoms with E-state index in [0.29, 0.717) is 10.3 Å². The SMILES string of the molecule is Cn1c(Sc2nccc(/C(N)=N/O)n2)n[nH]c1=O. The highest BCUT2D eigenvalue weighted by atomic mass is 32.2. The van der Waals surface area contributed by atoms with Gasteiger partial charge in [-0.25, -0.2) is 19.9 Å². The summed E-state index contributed by atoms with van der Waals surface area (Å²) in [5.74, 6) is -0.116. The second-order valence-corrected chi connectivity index (χ2v) is 4.12. The van der Waals surface area contributed by atoms with Gasteiger partial charge in [0.05, 0.1) is 0 Å². The van der Waals surface area contributed by atoms with E-state index in [-0.39, 0.29) is 17.2 Å². The maximum atomic E-state index is 11.2. The van der Waals surface area contributed by atoms with E-state index in [4.69, 9.17) is 10.9 Å². The predicted octanol–water partition coefficient (Wildman–Crippen LogP) is -0.856. The molecule has 0 radical (unpaired) electrons. The van der Waals surface area contributed by atoms with Crippen LogP contribution in [0.3, 0.4) is 0 Å². The van der Waals surface area contributed by atoms with Crippen molar-refractivity contribution in [3.8, 4) is 0 Å².